The first-order chi connectivity index (χ1) is 18.1. The lowest BCUT2D eigenvalue weighted by molar-refractivity contribution is -0.0598. The molecule has 2 saturated heterocycles. The van der Waals surface area contributed by atoms with Gasteiger partial charge in [-0.1, -0.05) is 18.2 Å². The average Bonchev–Trinajstić information content (AvgIpc) is 3.66. The fourth-order valence-corrected chi connectivity index (χ4v) is 5.38. The molecule has 0 unspecified atom stereocenters. The highest BCUT2D eigenvalue weighted by atomic mass is 16.5. The highest BCUT2D eigenvalue weighted by Crippen LogP contribution is 2.33. The van der Waals surface area contributed by atoms with E-state index in [0.717, 1.165) is 93.1 Å². The maximum absolute atomic E-state index is 12.4. The molecule has 3 aliphatic rings. The molecule has 2 aliphatic heterocycles. The minimum absolute atomic E-state index is 0.246. The van der Waals surface area contributed by atoms with Gasteiger partial charge in [0.1, 0.15) is 12.4 Å². The van der Waals surface area contributed by atoms with Gasteiger partial charge in [0.05, 0.1) is 19.2 Å². The molecule has 194 valence electrons. The van der Waals surface area contributed by atoms with Crippen LogP contribution >= 0.6 is 0 Å². The highest BCUT2D eigenvalue weighted by Gasteiger charge is 2.30. The molecule has 0 spiro atoms. The summed E-state index contributed by atoms with van der Waals surface area (Å²) >= 11 is 0. The van der Waals surface area contributed by atoms with E-state index in [1.54, 1.807) is 0 Å². The first-order valence-corrected chi connectivity index (χ1v) is 13.7. The van der Waals surface area contributed by atoms with E-state index < -0.39 is 0 Å². The number of nitrogens with zero attached hydrogens (tertiary/aromatic N) is 4. The van der Waals surface area contributed by atoms with Gasteiger partial charge in [-0.05, 0) is 75.4 Å². The Balaban J connectivity index is 1.01. The van der Waals surface area contributed by atoms with Crippen LogP contribution in [0.1, 0.15) is 71.0 Å². The number of carbonyl (C=O) groups is 1. The van der Waals surface area contributed by atoms with Gasteiger partial charge < -0.3 is 14.0 Å². The zero-order chi connectivity index (χ0) is 25.2. The third-order valence-corrected chi connectivity index (χ3v) is 8.06. The number of pyridine rings is 1. The number of piperidine rings is 1. The van der Waals surface area contributed by atoms with Crippen molar-refractivity contribution in [3.05, 3.63) is 77.0 Å². The second-order valence-electron chi connectivity index (χ2n) is 10.8. The maximum Gasteiger partial charge on any atom is 0.213 e. The van der Waals surface area contributed by atoms with Crippen LogP contribution in [0.2, 0.25) is 0 Å². The molecule has 6 rings (SSSR count). The molecule has 0 bridgehead atoms. The molecule has 1 saturated carbocycles. The number of aryl methyl sites for hydroxylation is 1. The molecule has 0 N–H and O–H groups in total. The average molecular weight is 501 g/mol. The van der Waals surface area contributed by atoms with Gasteiger partial charge >= 0.3 is 0 Å². The van der Waals surface area contributed by atoms with Crippen molar-refractivity contribution in [2.45, 2.75) is 70.7 Å². The van der Waals surface area contributed by atoms with E-state index in [2.05, 4.69) is 26.7 Å². The minimum atomic E-state index is 0.246. The number of rotatable bonds is 10. The fourth-order valence-electron chi connectivity index (χ4n) is 5.38. The van der Waals surface area contributed by atoms with E-state index in [1.807, 2.05) is 43.5 Å². The Morgan fingerprint density at radius 1 is 1.11 bits per heavy atom. The van der Waals surface area contributed by atoms with Crippen molar-refractivity contribution < 1.29 is 14.3 Å². The number of ketones is 1. The van der Waals surface area contributed by atoms with Crippen molar-refractivity contribution >= 4 is 5.78 Å². The number of hydrogen-bond donors (Lipinski definition) is 0. The minimum Gasteiger partial charge on any atom is -0.473 e. The van der Waals surface area contributed by atoms with Crippen LogP contribution in [-0.2, 0) is 24.4 Å². The number of imidazole rings is 1. The molecule has 1 aromatic carbocycles. The van der Waals surface area contributed by atoms with Crippen molar-refractivity contribution in [1.82, 2.24) is 19.4 Å². The zero-order valence-corrected chi connectivity index (χ0v) is 21.6. The van der Waals surface area contributed by atoms with Gasteiger partial charge in [-0.3, -0.25) is 9.69 Å². The van der Waals surface area contributed by atoms with Crippen molar-refractivity contribution in [3.8, 4) is 5.88 Å². The molecular formula is C30H36N4O3. The number of ether oxygens (including phenoxy) is 2. The number of carbonyl (C=O) groups excluding carboxylic acids is 1. The summed E-state index contributed by atoms with van der Waals surface area (Å²) in [6, 6.07) is 12.1. The Bertz CT molecular complexity index is 1240. The number of likely N-dealkylation sites (tertiary alicyclic amines) is 1. The van der Waals surface area contributed by atoms with Crippen LogP contribution in [0.25, 0.3) is 0 Å². The predicted octanol–water partition coefficient (Wildman–Crippen LogP) is 4.93. The fraction of sp³-hybridized carbons (Fsp3) is 0.500. The standard InChI is InChI=1S/C30H36N4O3/c1-21-17-24(30(35)23-5-6-23)7-8-25(21)20-37-29-4-2-3-27(32-29)22-9-13-33(14-10-22)19-28-31-12-15-34(28)18-26-11-16-36-26/h2-4,7-8,12,15,17,22-23,26H,5-6,9-11,13-14,16,18-20H2,1H3/t26-/m0/s1. The van der Waals surface area contributed by atoms with Gasteiger partial charge in [0.25, 0.3) is 0 Å². The van der Waals surface area contributed by atoms with E-state index in [-0.39, 0.29) is 11.7 Å². The van der Waals surface area contributed by atoms with Crippen LogP contribution in [0.5, 0.6) is 5.88 Å². The zero-order valence-electron chi connectivity index (χ0n) is 21.6. The summed E-state index contributed by atoms with van der Waals surface area (Å²) in [5, 5.41) is 0. The molecule has 3 aromatic rings. The van der Waals surface area contributed by atoms with E-state index in [1.165, 1.54) is 0 Å². The SMILES string of the molecule is Cc1cc(C(=O)C2CC2)ccc1COc1cccc(C2CCN(Cc3nccn3C[C@@H]3CCO3)CC2)n1. The second-order valence-corrected chi connectivity index (χ2v) is 10.8. The van der Waals surface area contributed by atoms with E-state index >= 15 is 0 Å². The molecule has 2 aromatic heterocycles. The third kappa shape index (κ3) is 5.78. The van der Waals surface area contributed by atoms with Crippen LogP contribution in [0, 0.1) is 12.8 Å². The van der Waals surface area contributed by atoms with Crippen molar-refractivity contribution in [1.29, 1.82) is 0 Å². The summed E-state index contributed by atoms with van der Waals surface area (Å²) in [6.45, 7) is 7.26. The summed E-state index contributed by atoms with van der Waals surface area (Å²) in [6.07, 6.45) is 9.70. The highest BCUT2D eigenvalue weighted by molar-refractivity contribution is 5.99. The first kappa shape index (κ1) is 24.3. The monoisotopic (exact) mass is 500 g/mol. The van der Waals surface area contributed by atoms with Crippen LogP contribution in [0.4, 0.5) is 0 Å². The lowest BCUT2D eigenvalue weighted by Crippen LogP contribution is -2.35. The molecule has 3 fully saturated rings. The first-order valence-electron chi connectivity index (χ1n) is 13.7. The van der Waals surface area contributed by atoms with Crippen molar-refractivity contribution in [2.75, 3.05) is 19.7 Å². The Hall–Kier alpha value is -3.03. The molecular weight excluding hydrogens is 464 g/mol. The molecule has 1 aliphatic carbocycles. The van der Waals surface area contributed by atoms with E-state index in [0.29, 0.717) is 24.5 Å². The Kier molecular flexibility index (Phi) is 7.07. The second kappa shape index (κ2) is 10.8. The van der Waals surface area contributed by atoms with Gasteiger partial charge in [-0.25, -0.2) is 9.97 Å². The van der Waals surface area contributed by atoms with Gasteiger partial charge in [0.2, 0.25) is 5.88 Å². The Morgan fingerprint density at radius 2 is 1.95 bits per heavy atom. The van der Waals surface area contributed by atoms with Crippen molar-refractivity contribution in [3.63, 3.8) is 0 Å². The van der Waals surface area contributed by atoms with Crippen molar-refractivity contribution in [2.24, 2.45) is 5.92 Å². The van der Waals surface area contributed by atoms with Gasteiger partial charge in [-0.15, -0.1) is 0 Å². The normalized spacial score (nSPS) is 20.5. The summed E-state index contributed by atoms with van der Waals surface area (Å²) in [7, 11) is 0. The summed E-state index contributed by atoms with van der Waals surface area (Å²) in [5.74, 6) is 2.76. The Labute approximate surface area is 218 Å². The van der Waals surface area contributed by atoms with Gasteiger partial charge in [0, 0.05) is 48.2 Å². The number of hydrogen-bond acceptors (Lipinski definition) is 6. The quantitative estimate of drug-likeness (QED) is 0.368. The molecule has 7 heteroatoms. The summed E-state index contributed by atoms with van der Waals surface area (Å²) < 4.78 is 13.9. The lowest BCUT2D eigenvalue weighted by atomic mass is 9.93. The summed E-state index contributed by atoms with van der Waals surface area (Å²) in [5.41, 5.74) is 4.13. The molecule has 37 heavy (non-hydrogen) atoms. The Morgan fingerprint density at radius 3 is 2.68 bits per heavy atom. The number of Topliss-reactive ketones (excluding diaryl/α,β-unsaturated/α-hetero) is 1. The van der Waals surface area contributed by atoms with Crippen LogP contribution in [0.15, 0.2) is 48.8 Å². The predicted molar refractivity (Wildman–Crippen MR) is 141 cm³/mol. The number of benzene rings is 1. The topological polar surface area (TPSA) is 69.5 Å². The molecule has 1 atom stereocenters. The molecule has 0 radical (unpaired) electrons. The number of aromatic nitrogens is 3. The van der Waals surface area contributed by atoms with Crippen LogP contribution < -0.4 is 4.74 Å². The van der Waals surface area contributed by atoms with Crippen LogP contribution in [-0.4, -0.2) is 51.0 Å². The molecule has 4 heterocycles. The largest absolute Gasteiger partial charge is 0.473 e. The summed E-state index contributed by atoms with van der Waals surface area (Å²) in [4.78, 5) is 24.3. The van der Waals surface area contributed by atoms with E-state index in [4.69, 9.17) is 14.5 Å². The van der Waals surface area contributed by atoms with Gasteiger partial charge in [0.15, 0.2) is 5.78 Å². The third-order valence-electron chi connectivity index (χ3n) is 8.06. The lowest BCUT2D eigenvalue weighted by Gasteiger charge is -2.32. The maximum atomic E-state index is 12.4. The molecule has 0 amide bonds. The van der Waals surface area contributed by atoms with Gasteiger partial charge in [-0.2, -0.15) is 0 Å². The molecule has 7 nitrogen and oxygen atoms in total. The van der Waals surface area contributed by atoms with E-state index in [9.17, 15) is 4.79 Å². The smallest absolute Gasteiger partial charge is 0.213 e. The van der Waals surface area contributed by atoms with Crippen LogP contribution in [0.3, 0.4) is 0 Å².